The van der Waals surface area contributed by atoms with E-state index in [0.717, 1.165) is 0 Å². The molecule has 0 radical (unpaired) electrons. The van der Waals surface area contributed by atoms with Crippen LogP contribution in [0.3, 0.4) is 0 Å². The van der Waals surface area contributed by atoms with E-state index in [2.05, 4.69) is 10.1 Å². The molecule has 2 atom stereocenters. The lowest BCUT2D eigenvalue weighted by molar-refractivity contribution is -0.0734. The molecule has 1 aliphatic carbocycles. The second kappa shape index (κ2) is 6.15. The number of aliphatic hydroxyl groups is 1. The molecule has 0 aromatic heterocycles. The van der Waals surface area contributed by atoms with Gasteiger partial charge in [-0.05, 0) is 12.5 Å². The van der Waals surface area contributed by atoms with Gasteiger partial charge in [0.15, 0.2) is 11.5 Å². The summed E-state index contributed by atoms with van der Waals surface area (Å²) in [4.78, 5) is 0. The van der Waals surface area contributed by atoms with Crippen LogP contribution in [0.4, 0.5) is 8.78 Å². The predicted octanol–water partition coefficient (Wildman–Crippen LogP) is 2.55. The molecule has 4 nitrogen and oxygen atoms in total. The zero-order chi connectivity index (χ0) is 15.6. The Morgan fingerprint density at radius 3 is 2.67 bits per heavy atom. The van der Waals surface area contributed by atoms with Crippen LogP contribution in [-0.2, 0) is 6.54 Å². The van der Waals surface area contributed by atoms with Crippen molar-refractivity contribution in [3.8, 4) is 11.5 Å². The van der Waals surface area contributed by atoms with Crippen molar-refractivity contribution in [3.05, 3.63) is 23.8 Å². The Kier molecular flexibility index (Phi) is 4.68. The van der Waals surface area contributed by atoms with E-state index in [0.29, 0.717) is 18.5 Å². The van der Waals surface area contributed by atoms with E-state index in [1.165, 1.54) is 7.11 Å². The molecular formula is C15H21F2NO3. The minimum atomic E-state index is -2.90. The van der Waals surface area contributed by atoms with Crippen LogP contribution < -0.4 is 14.8 Å². The standard InChI is InChI=1S/C15H21F2NO3/c1-15(2)11(7-12(15)19)18-8-9-5-4-6-10(20-3)13(9)21-14(16)17/h4-6,11-12,14,18-19H,7-8H2,1-3H3. The van der Waals surface area contributed by atoms with Crippen LogP contribution >= 0.6 is 0 Å². The summed E-state index contributed by atoms with van der Waals surface area (Å²) in [6.45, 7) is 1.42. The number of halogens is 2. The maximum absolute atomic E-state index is 12.5. The highest BCUT2D eigenvalue weighted by Crippen LogP contribution is 2.41. The Balaban J connectivity index is 2.09. The van der Waals surface area contributed by atoms with E-state index in [9.17, 15) is 13.9 Å². The molecule has 0 saturated heterocycles. The Labute approximate surface area is 123 Å². The number of hydrogen-bond acceptors (Lipinski definition) is 4. The lowest BCUT2D eigenvalue weighted by Crippen LogP contribution is -2.59. The molecule has 2 rings (SSSR count). The molecule has 1 aromatic carbocycles. The maximum Gasteiger partial charge on any atom is 0.387 e. The van der Waals surface area contributed by atoms with Crippen molar-refractivity contribution >= 4 is 0 Å². The molecule has 1 aromatic rings. The lowest BCUT2D eigenvalue weighted by Gasteiger charge is -2.49. The van der Waals surface area contributed by atoms with E-state index in [1.54, 1.807) is 18.2 Å². The summed E-state index contributed by atoms with van der Waals surface area (Å²) < 4.78 is 34.7. The molecule has 0 aliphatic heterocycles. The molecule has 1 saturated carbocycles. The fourth-order valence-corrected chi connectivity index (χ4v) is 2.57. The number of benzene rings is 1. The van der Waals surface area contributed by atoms with Gasteiger partial charge < -0.3 is 19.9 Å². The fraction of sp³-hybridized carbons (Fsp3) is 0.600. The molecule has 2 N–H and O–H groups in total. The third-order valence-corrected chi connectivity index (χ3v) is 4.24. The topological polar surface area (TPSA) is 50.7 Å². The van der Waals surface area contributed by atoms with Crippen LogP contribution in [0.1, 0.15) is 25.8 Å². The maximum atomic E-state index is 12.5. The summed E-state index contributed by atoms with van der Waals surface area (Å²) >= 11 is 0. The van der Waals surface area contributed by atoms with Gasteiger partial charge in [-0.1, -0.05) is 26.0 Å². The number of nitrogens with one attached hydrogen (secondary N) is 1. The first kappa shape index (κ1) is 16.0. The van der Waals surface area contributed by atoms with Crippen LogP contribution in [0.15, 0.2) is 18.2 Å². The van der Waals surface area contributed by atoms with Crippen molar-refractivity contribution in [3.63, 3.8) is 0 Å². The minimum Gasteiger partial charge on any atom is -0.493 e. The molecule has 0 spiro atoms. The van der Waals surface area contributed by atoms with Crippen LogP contribution in [0.5, 0.6) is 11.5 Å². The summed E-state index contributed by atoms with van der Waals surface area (Å²) in [5.41, 5.74) is 0.384. The van der Waals surface area contributed by atoms with Crippen molar-refractivity contribution in [2.24, 2.45) is 5.41 Å². The minimum absolute atomic E-state index is 0.0557. The summed E-state index contributed by atoms with van der Waals surface area (Å²) in [6.07, 6.45) is 0.319. The molecule has 2 unspecified atom stereocenters. The van der Waals surface area contributed by atoms with Gasteiger partial charge >= 0.3 is 6.61 Å². The van der Waals surface area contributed by atoms with Crippen LogP contribution in [0.2, 0.25) is 0 Å². The number of aliphatic hydroxyl groups excluding tert-OH is 1. The van der Waals surface area contributed by atoms with Crippen molar-refractivity contribution < 1.29 is 23.4 Å². The third-order valence-electron chi connectivity index (χ3n) is 4.24. The van der Waals surface area contributed by atoms with Crippen LogP contribution in [0.25, 0.3) is 0 Å². The van der Waals surface area contributed by atoms with Gasteiger partial charge in [0.2, 0.25) is 0 Å². The molecule has 0 heterocycles. The van der Waals surface area contributed by atoms with Crippen molar-refractivity contribution in [1.82, 2.24) is 5.32 Å². The Bertz CT molecular complexity index is 494. The molecule has 1 aliphatic rings. The second-order valence-electron chi connectivity index (χ2n) is 5.83. The largest absolute Gasteiger partial charge is 0.493 e. The van der Waals surface area contributed by atoms with E-state index in [-0.39, 0.29) is 29.1 Å². The Hall–Kier alpha value is -1.40. The number of rotatable bonds is 6. The van der Waals surface area contributed by atoms with Gasteiger partial charge in [0.1, 0.15) is 0 Å². The highest BCUT2D eigenvalue weighted by atomic mass is 19.3. The lowest BCUT2D eigenvalue weighted by atomic mass is 9.64. The third kappa shape index (κ3) is 3.27. The molecule has 0 bridgehead atoms. The molecule has 0 amide bonds. The van der Waals surface area contributed by atoms with Gasteiger partial charge in [0.25, 0.3) is 0 Å². The summed E-state index contributed by atoms with van der Waals surface area (Å²) in [6, 6.07) is 5.17. The molecule has 118 valence electrons. The summed E-state index contributed by atoms with van der Waals surface area (Å²) in [5, 5.41) is 13.0. The van der Waals surface area contributed by atoms with Gasteiger partial charge in [-0.25, -0.2) is 0 Å². The SMILES string of the molecule is COc1cccc(CNC2CC(O)C2(C)C)c1OC(F)F. The summed E-state index contributed by atoms with van der Waals surface area (Å²) in [5.74, 6) is 0.336. The van der Waals surface area contributed by atoms with E-state index in [1.807, 2.05) is 13.8 Å². The number of ether oxygens (including phenoxy) is 2. The number of para-hydroxylation sites is 1. The van der Waals surface area contributed by atoms with Gasteiger partial charge in [0.05, 0.1) is 13.2 Å². The van der Waals surface area contributed by atoms with Gasteiger partial charge in [0, 0.05) is 23.6 Å². The Morgan fingerprint density at radius 2 is 2.14 bits per heavy atom. The fourth-order valence-electron chi connectivity index (χ4n) is 2.57. The van der Waals surface area contributed by atoms with Crippen LogP contribution in [0, 0.1) is 5.41 Å². The first-order chi connectivity index (χ1) is 9.86. The predicted molar refractivity (Wildman–Crippen MR) is 74.7 cm³/mol. The molecular weight excluding hydrogens is 280 g/mol. The number of hydrogen-bond donors (Lipinski definition) is 2. The van der Waals surface area contributed by atoms with E-state index >= 15 is 0 Å². The van der Waals surface area contributed by atoms with Gasteiger partial charge in [-0.2, -0.15) is 8.78 Å². The second-order valence-corrected chi connectivity index (χ2v) is 5.83. The molecule has 6 heteroatoms. The normalized spacial score (nSPS) is 23.8. The van der Waals surface area contributed by atoms with Crippen molar-refractivity contribution in [2.45, 2.75) is 45.6 Å². The first-order valence-corrected chi connectivity index (χ1v) is 6.88. The highest BCUT2D eigenvalue weighted by molar-refractivity contribution is 5.46. The first-order valence-electron chi connectivity index (χ1n) is 6.88. The van der Waals surface area contributed by atoms with Crippen molar-refractivity contribution in [1.29, 1.82) is 0 Å². The summed E-state index contributed by atoms with van der Waals surface area (Å²) in [7, 11) is 1.41. The van der Waals surface area contributed by atoms with Gasteiger partial charge in [-0.15, -0.1) is 0 Å². The van der Waals surface area contributed by atoms with Crippen molar-refractivity contribution in [2.75, 3.05) is 7.11 Å². The Morgan fingerprint density at radius 1 is 1.43 bits per heavy atom. The van der Waals surface area contributed by atoms with E-state index in [4.69, 9.17) is 4.74 Å². The average molecular weight is 301 g/mol. The monoisotopic (exact) mass is 301 g/mol. The number of alkyl halides is 2. The number of methoxy groups -OCH3 is 1. The zero-order valence-corrected chi connectivity index (χ0v) is 12.4. The average Bonchev–Trinajstić information content (AvgIpc) is 2.43. The van der Waals surface area contributed by atoms with Gasteiger partial charge in [-0.3, -0.25) is 0 Å². The quantitative estimate of drug-likeness (QED) is 0.848. The highest BCUT2D eigenvalue weighted by Gasteiger charge is 2.46. The molecule has 1 fully saturated rings. The smallest absolute Gasteiger partial charge is 0.387 e. The van der Waals surface area contributed by atoms with E-state index < -0.39 is 6.61 Å². The zero-order valence-electron chi connectivity index (χ0n) is 12.4. The van der Waals surface area contributed by atoms with Crippen LogP contribution in [-0.4, -0.2) is 31.0 Å². The molecule has 21 heavy (non-hydrogen) atoms.